The molecular weight excluding hydrogens is 194 g/mol. The van der Waals surface area contributed by atoms with Crippen molar-refractivity contribution >= 4 is 11.3 Å². The average molecular weight is 211 g/mol. The second-order valence-corrected chi connectivity index (χ2v) is 4.73. The van der Waals surface area contributed by atoms with Crippen LogP contribution in [-0.2, 0) is 11.2 Å². The minimum atomic E-state index is 0.0896. The highest BCUT2D eigenvalue weighted by atomic mass is 32.1. The lowest BCUT2D eigenvalue weighted by molar-refractivity contribution is -0.0332. The van der Waals surface area contributed by atoms with E-state index in [1.165, 1.54) is 5.56 Å². The molecule has 1 aliphatic rings. The van der Waals surface area contributed by atoms with Crippen molar-refractivity contribution in [3.63, 3.8) is 0 Å². The molecule has 78 valence electrons. The molecule has 0 atom stereocenters. The molecule has 1 aromatic heterocycles. The van der Waals surface area contributed by atoms with Gasteiger partial charge in [0.1, 0.15) is 0 Å². The summed E-state index contributed by atoms with van der Waals surface area (Å²) in [5.74, 6) is 0. The summed E-state index contributed by atoms with van der Waals surface area (Å²) in [6, 6.07) is 2.20. The Morgan fingerprint density at radius 2 is 2.29 bits per heavy atom. The van der Waals surface area contributed by atoms with Gasteiger partial charge < -0.3 is 10.1 Å². The van der Waals surface area contributed by atoms with Crippen LogP contribution in [0.4, 0.5) is 0 Å². The molecule has 2 heterocycles. The number of piperidine rings is 1. The van der Waals surface area contributed by atoms with Gasteiger partial charge in [0.25, 0.3) is 0 Å². The summed E-state index contributed by atoms with van der Waals surface area (Å²) >= 11 is 1.77. The molecule has 2 nitrogen and oxygen atoms in total. The first-order chi connectivity index (χ1) is 6.85. The van der Waals surface area contributed by atoms with Crippen LogP contribution in [0.15, 0.2) is 16.8 Å². The molecule has 1 saturated heterocycles. The Morgan fingerprint density at radius 3 is 2.86 bits per heavy atom. The molecule has 0 saturated carbocycles. The molecule has 0 bridgehead atoms. The highest BCUT2D eigenvalue weighted by Crippen LogP contribution is 2.27. The largest absolute Gasteiger partial charge is 0.378 e. The number of rotatable bonds is 3. The third-order valence-corrected chi connectivity index (χ3v) is 3.79. The van der Waals surface area contributed by atoms with Crippen molar-refractivity contribution in [3.8, 4) is 0 Å². The number of hydrogen-bond acceptors (Lipinski definition) is 3. The fraction of sp³-hybridized carbons (Fsp3) is 0.636. The van der Waals surface area contributed by atoms with E-state index in [9.17, 15) is 0 Å². The first-order valence-electron chi connectivity index (χ1n) is 5.12. The van der Waals surface area contributed by atoms with Gasteiger partial charge in [0.15, 0.2) is 0 Å². The molecular formula is C11H17NOS. The van der Waals surface area contributed by atoms with Gasteiger partial charge in [0.05, 0.1) is 5.60 Å². The second kappa shape index (κ2) is 4.43. The van der Waals surface area contributed by atoms with E-state index >= 15 is 0 Å². The van der Waals surface area contributed by atoms with Gasteiger partial charge in [-0.05, 0) is 48.3 Å². The molecule has 0 amide bonds. The van der Waals surface area contributed by atoms with Gasteiger partial charge in [-0.1, -0.05) is 0 Å². The van der Waals surface area contributed by atoms with Crippen molar-refractivity contribution in [2.45, 2.75) is 24.9 Å². The number of ether oxygens (including phenoxy) is 1. The van der Waals surface area contributed by atoms with Crippen LogP contribution < -0.4 is 5.32 Å². The Bertz CT molecular complexity index is 265. The minimum Gasteiger partial charge on any atom is -0.378 e. The maximum absolute atomic E-state index is 5.72. The smallest absolute Gasteiger partial charge is 0.0743 e. The topological polar surface area (TPSA) is 21.3 Å². The predicted octanol–water partition coefficient (Wildman–Crippen LogP) is 2.06. The Morgan fingerprint density at radius 1 is 1.50 bits per heavy atom. The zero-order valence-electron chi connectivity index (χ0n) is 8.58. The lowest BCUT2D eigenvalue weighted by atomic mass is 9.86. The lowest BCUT2D eigenvalue weighted by Crippen LogP contribution is -2.44. The monoisotopic (exact) mass is 211 g/mol. The third kappa shape index (κ3) is 2.16. The van der Waals surface area contributed by atoms with E-state index < -0.39 is 0 Å². The Kier molecular flexibility index (Phi) is 3.21. The van der Waals surface area contributed by atoms with E-state index in [-0.39, 0.29) is 5.60 Å². The average Bonchev–Trinajstić information content (AvgIpc) is 2.72. The van der Waals surface area contributed by atoms with Crippen molar-refractivity contribution in [3.05, 3.63) is 22.4 Å². The van der Waals surface area contributed by atoms with E-state index in [0.717, 1.165) is 32.4 Å². The van der Waals surface area contributed by atoms with E-state index in [2.05, 4.69) is 22.1 Å². The van der Waals surface area contributed by atoms with E-state index in [1.54, 1.807) is 11.3 Å². The van der Waals surface area contributed by atoms with E-state index in [0.29, 0.717) is 0 Å². The molecule has 1 aliphatic heterocycles. The van der Waals surface area contributed by atoms with Crippen molar-refractivity contribution in [1.29, 1.82) is 0 Å². The fourth-order valence-electron chi connectivity index (χ4n) is 2.10. The summed E-state index contributed by atoms with van der Waals surface area (Å²) in [5.41, 5.74) is 1.51. The molecule has 0 aromatic carbocycles. The molecule has 0 spiro atoms. The van der Waals surface area contributed by atoms with E-state index in [1.807, 2.05) is 7.11 Å². The molecule has 1 fully saturated rings. The molecule has 0 aliphatic carbocycles. The van der Waals surface area contributed by atoms with Crippen molar-refractivity contribution in [2.75, 3.05) is 20.2 Å². The van der Waals surface area contributed by atoms with Crippen LogP contribution in [0.2, 0.25) is 0 Å². The zero-order chi connectivity index (χ0) is 9.86. The quantitative estimate of drug-likeness (QED) is 0.826. The van der Waals surface area contributed by atoms with Gasteiger partial charge in [-0.2, -0.15) is 11.3 Å². The van der Waals surface area contributed by atoms with Crippen LogP contribution in [0.1, 0.15) is 18.4 Å². The van der Waals surface area contributed by atoms with Gasteiger partial charge in [-0.15, -0.1) is 0 Å². The summed E-state index contributed by atoms with van der Waals surface area (Å²) in [6.07, 6.45) is 3.31. The van der Waals surface area contributed by atoms with Crippen molar-refractivity contribution < 1.29 is 4.74 Å². The fourth-order valence-corrected chi connectivity index (χ4v) is 2.77. The van der Waals surface area contributed by atoms with Gasteiger partial charge in [0, 0.05) is 13.5 Å². The highest BCUT2D eigenvalue weighted by Gasteiger charge is 2.31. The normalized spacial score (nSPS) is 20.9. The summed E-state index contributed by atoms with van der Waals surface area (Å²) < 4.78 is 5.72. The molecule has 0 unspecified atom stereocenters. The summed E-state index contributed by atoms with van der Waals surface area (Å²) in [6.45, 7) is 2.16. The van der Waals surface area contributed by atoms with Crippen molar-refractivity contribution in [1.82, 2.24) is 5.32 Å². The van der Waals surface area contributed by atoms with Crippen LogP contribution >= 0.6 is 11.3 Å². The van der Waals surface area contributed by atoms with Gasteiger partial charge in [-0.3, -0.25) is 0 Å². The standard InChI is InChI=1S/C11H17NOS/c1-13-11(3-5-12-6-4-11)8-10-2-7-14-9-10/h2,7,9,12H,3-6,8H2,1H3. The highest BCUT2D eigenvalue weighted by molar-refractivity contribution is 7.07. The maximum Gasteiger partial charge on any atom is 0.0743 e. The predicted molar refractivity (Wildman–Crippen MR) is 59.9 cm³/mol. The van der Waals surface area contributed by atoms with Crippen LogP contribution in [-0.4, -0.2) is 25.8 Å². The van der Waals surface area contributed by atoms with Gasteiger partial charge in [0.2, 0.25) is 0 Å². The van der Waals surface area contributed by atoms with Crippen LogP contribution in [0.3, 0.4) is 0 Å². The zero-order valence-corrected chi connectivity index (χ0v) is 9.40. The Labute approximate surface area is 89.3 Å². The molecule has 1 N–H and O–H groups in total. The van der Waals surface area contributed by atoms with Crippen LogP contribution in [0.5, 0.6) is 0 Å². The number of thiophene rings is 1. The van der Waals surface area contributed by atoms with Gasteiger partial charge in [-0.25, -0.2) is 0 Å². The van der Waals surface area contributed by atoms with Crippen LogP contribution in [0, 0.1) is 0 Å². The Hall–Kier alpha value is -0.380. The lowest BCUT2D eigenvalue weighted by Gasteiger charge is -2.36. The SMILES string of the molecule is COC1(Cc2ccsc2)CCNCC1. The first kappa shape index (κ1) is 10.1. The molecule has 3 heteroatoms. The summed E-state index contributed by atoms with van der Waals surface area (Å²) in [5, 5.41) is 7.74. The number of hydrogen-bond donors (Lipinski definition) is 1. The van der Waals surface area contributed by atoms with E-state index in [4.69, 9.17) is 4.74 Å². The number of methoxy groups -OCH3 is 1. The van der Waals surface area contributed by atoms with Crippen LogP contribution in [0.25, 0.3) is 0 Å². The minimum absolute atomic E-state index is 0.0896. The molecule has 2 rings (SSSR count). The first-order valence-corrected chi connectivity index (χ1v) is 6.06. The third-order valence-electron chi connectivity index (χ3n) is 3.05. The summed E-state index contributed by atoms with van der Waals surface area (Å²) in [4.78, 5) is 0. The number of nitrogens with one attached hydrogen (secondary N) is 1. The second-order valence-electron chi connectivity index (χ2n) is 3.95. The summed E-state index contributed by atoms with van der Waals surface area (Å²) in [7, 11) is 1.84. The Balaban J connectivity index is 2.04. The molecule has 0 radical (unpaired) electrons. The van der Waals surface area contributed by atoms with Crippen molar-refractivity contribution in [2.24, 2.45) is 0 Å². The maximum atomic E-state index is 5.72. The van der Waals surface area contributed by atoms with Gasteiger partial charge >= 0.3 is 0 Å². The molecule has 1 aromatic rings. The molecule has 14 heavy (non-hydrogen) atoms.